The van der Waals surface area contributed by atoms with Crippen LogP contribution in [0.3, 0.4) is 0 Å². The Hall–Kier alpha value is -1.90. The lowest BCUT2D eigenvalue weighted by molar-refractivity contribution is -0.221. The Morgan fingerprint density at radius 2 is 1.65 bits per heavy atom. The minimum absolute atomic E-state index is 0.0227. The van der Waals surface area contributed by atoms with E-state index in [1.165, 1.54) is 56.9 Å². The maximum atomic E-state index is 14.8. The number of sulfone groups is 1. The standard InChI is InChI=1S/C42H65FN2O3S.CO2/c1-28-8-9-30(26-34(28)43)32-13-15-39(5)35(38(32,3)4)14-16-41(7)36(39)11-10-33-37-31(29(2)27-46)12-17-42(37,19-18-40(33,41)6)44-20-21-45-22-24-49(47,48)25-23-45;2-1-3/h8-9,13,26,29,31,33,35-37,44,46H,10-12,14-25,27H2,1-7H3;/t29?,31-,33+,35-,36+,37+,39-,40+,41+,42-;/m0./s1. The number of rotatable bonds is 7. The van der Waals surface area contributed by atoms with Crippen molar-refractivity contribution in [1.29, 1.82) is 0 Å². The summed E-state index contributed by atoms with van der Waals surface area (Å²) in [6.07, 6.45) is 13.7. The van der Waals surface area contributed by atoms with Gasteiger partial charge in [-0.15, -0.1) is 0 Å². The summed E-state index contributed by atoms with van der Waals surface area (Å²) >= 11 is 0. The number of carbonyl (C=O) groups excluding carboxylic acids is 2. The Kier molecular flexibility index (Phi) is 10.9. The fraction of sp³-hybridized carbons (Fsp3) is 0.791. The van der Waals surface area contributed by atoms with Gasteiger partial charge in [-0.2, -0.15) is 9.59 Å². The highest BCUT2D eigenvalue weighted by Crippen LogP contribution is 2.76. The third-order valence-corrected chi connectivity index (χ3v) is 18.5. The van der Waals surface area contributed by atoms with Crippen LogP contribution in [0, 0.1) is 69.9 Å². The Morgan fingerprint density at radius 3 is 2.31 bits per heavy atom. The van der Waals surface area contributed by atoms with Crippen molar-refractivity contribution in [2.45, 2.75) is 112 Å². The summed E-state index contributed by atoms with van der Waals surface area (Å²) < 4.78 is 38.9. The molecular formula is C43H65FN2O5S. The summed E-state index contributed by atoms with van der Waals surface area (Å²) in [4.78, 5) is 18.6. The molecule has 1 aromatic rings. The van der Waals surface area contributed by atoms with E-state index in [4.69, 9.17) is 9.59 Å². The van der Waals surface area contributed by atoms with Crippen molar-refractivity contribution < 1.29 is 27.5 Å². The Morgan fingerprint density at radius 1 is 0.962 bits per heavy atom. The predicted octanol–water partition coefficient (Wildman–Crippen LogP) is 7.33. The van der Waals surface area contributed by atoms with Crippen LogP contribution in [-0.4, -0.2) is 74.4 Å². The van der Waals surface area contributed by atoms with Crippen LogP contribution in [-0.2, 0) is 19.4 Å². The van der Waals surface area contributed by atoms with Crippen molar-refractivity contribution in [3.05, 3.63) is 41.2 Å². The van der Waals surface area contributed by atoms with Gasteiger partial charge in [-0.25, -0.2) is 12.8 Å². The molecule has 4 saturated carbocycles. The number of fused-ring (bicyclic) bond motifs is 7. The van der Waals surface area contributed by atoms with E-state index in [-0.39, 0.29) is 57.3 Å². The first-order chi connectivity index (χ1) is 24.4. The van der Waals surface area contributed by atoms with E-state index in [0.717, 1.165) is 25.1 Å². The predicted molar refractivity (Wildman–Crippen MR) is 203 cm³/mol. The first-order valence-corrected chi connectivity index (χ1v) is 22.0. The lowest BCUT2D eigenvalue weighted by atomic mass is 9.33. The number of nitrogens with zero attached hydrogens (tertiary/aromatic N) is 1. The van der Waals surface area contributed by atoms with Crippen LogP contribution in [0.1, 0.15) is 110 Å². The molecule has 6 aliphatic rings. The molecule has 0 aromatic heterocycles. The zero-order chi connectivity index (χ0) is 37.9. The number of nitrogens with one attached hydrogen (secondary N) is 1. The molecule has 7 rings (SSSR count). The minimum atomic E-state index is -2.87. The van der Waals surface area contributed by atoms with Crippen molar-refractivity contribution in [2.75, 3.05) is 44.3 Å². The van der Waals surface area contributed by atoms with E-state index in [1.807, 2.05) is 13.0 Å². The van der Waals surface area contributed by atoms with Gasteiger partial charge in [0.25, 0.3) is 0 Å². The van der Waals surface area contributed by atoms with E-state index in [9.17, 15) is 17.9 Å². The summed E-state index contributed by atoms with van der Waals surface area (Å²) in [5.74, 6) is 3.71. The summed E-state index contributed by atoms with van der Waals surface area (Å²) in [7, 11) is -2.87. The quantitative estimate of drug-likeness (QED) is 0.302. The molecule has 5 fully saturated rings. The van der Waals surface area contributed by atoms with E-state index >= 15 is 0 Å². The Labute approximate surface area is 312 Å². The molecule has 9 heteroatoms. The first kappa shape index (κ1) is 39.8. The van der Waals surface area contributed by atoms with Crippen molar-refractivity contribution in [3.8, 4) is 0 Å². The second-order valence-electron chi connectivity index (χ2n) is 19.2. The van der Waals surface area contributed by atoms with Crippen molar-refractivity contribution in [1.82, 2.24) is 10.2 Å². The molecule has 1 heterocycles. The lowest BCUT2D eigenvalue weighted by Gasteiger charge is -2.72. The van der Waals surface area contributed by atoms with Crippen molar-refractivity contribution >= 4 is 21.6 Å². The van der Waals surface area contributed by atoms with Gasteiger partial charge in [-0.05, 0) is 145 Å². The zero-order valence-electron chi connectivity index (χ0n) is 32.9. The normalized spacial score (nSPS) is 41.1. The molecule has 2 N–H and O–H groups in total. The first-order valence-electron chi connectivity index (χ1n) is 20.2. The minimum Gasteiger partial charge on any atom is -0.396 e. The van der Waals surface area contributed by atoms with Gasteiger partial charge in [0, 0.05) is 38.3 Å². The van der Waals surface area contributed by atoms with Gasteiger partial charge in [0.2, 0.25) is 0 Å². The third-order valence-electron chi connectivity index (χ3n) is 16.9. The molecule has 52 heavy (non-hydrogen) atoms. The van der Waals surface area contributed by atoms with Crippen LogP contribution < -0.4 is 5.32 Å². The smallest absolute Gasteiger partial charge is 0.373 e. The largest absolute Gasteiger partial charge is 0.396 e. The number of benzene rings is 1. The van der Waals surface area contributed by atoms with Gasteiger partial charge in [-0.1, -0.05) is 59.8 Å². The average Bonchev–Trinajstić information content (AvgIpc) is 3.47. The third kappa shape index (κ3) is 6.40. The molecule has 7 nitrogen and oxygen atoms in total. The molecule has 10 atom stereocenters. The molecule has 290 valence electrons. The maximum Gasteiger partial charge on any atom is 0.373 e. The highest BCUT2D eigenvalue weighted by Gasteiger charge is 2.70. The monoisotopic (exact) mass is 740 g/mol. The lowest BCUT2D eigenvalue weighted by Crippen LogP contribution is -2.68. The summed E-state index contributed by atoms with van der Waals surface area (Å²) in [6, 6.07) is 5.86. The molecule has 0 spiro atoms. The summed E-state index contributed by atoms with van der Waals surface area (Å²) in [6.45, 7) is 20.4. The van der Waals surface area contributed by atoms with Crippen LogP contribution in [0.5, 0.6) is 0 Å². The number of hydrogen-bond donors (Lipinski definition) is 2. The average molecular weight is 741 g/mol. The SMILES string of the molecule is Cc1ccc(C2=CC[C@]3(C)[C@H]4CC[C@@H]5[C@H]6[C@H](C(C)CO)CC[C@]6(NCCN6CCS(=O)(=O)CC6)CC[C@@]5(C)[C@]4(C)CC[C@H]3C2(C)C)cc1F.O=C=O. The molecule has 1 aromatic carbocycles. The van der Waals surface area contributed by atoms with E-state index in [2.05, 4.69) is 63.9 Å². The van der Waals surface area contributed by atoms with E-state index < -0.39 is 9.84 Å². The van der Waals surface area contributed by atoms with Gasteiger partial charge in [0.05, 0.1) is 11.5 Å². The van der Waals surface area contributed by atoms with Gasteiger partial charge < -0.3 is 15.3 Å². The second-order valence-corrected chi connectivity index (χ2v) is 21.5. The number of aliphatic hydroxyl groups excluding tert-OH is 1. The molecule has 0 amide bonds. The van der Waals surface area contributed by atoms with E-state index in [1.54, 1.807) is 6.07 Å². The molecule has 1 aliphatic heterocycles. The Bertz CT molecular complexity index is 1660. The number of aryl methyl sites for hydroxylation is 1. The van der Waals surface area contributed by atoms with Gasteiger partial charge in [0.1, 0.15) is 5.82 Å². The maximum absolute atomic E-state index is 14.8. The molecular weight excluding hydrogens is 676 g/mol. The van der Waals surface area contributed by atoms with Gasteiger partial charge in [0.15, 0.2) is 9.84 Å². The van der Waals surface area contributed by atoms with Crippen LogP contribution in [0.4, 0.5) is 4.39 Å². The number of hydrogen-bond acceptors (Lipinski definition) is 7. The van der Waals surface area contributed by atoms with Crippen LogP contribution in [0.25, 0.3) is 5.57 Å². The molecule has 1 saturated heterocycles. The number of halogens is 1. The Balaban J connectivity index is 0.00000150. The second kappa shape index (κ2) is 14.3. The highest BCUT2D eigenvalue weighted by molar-refractivity contribution is 7.91. The summed E-state index contributed by atoms with van der Waals surface area (Å²) in [5, 5.41) is 14.7. The number of aliphatic hydroxyl groups is 1. The van der Waals surface area contributed by atoms with Gasteiger partial charge >= 0.3 is 6.15 Å². The fourth-order valence-electron chi connectivity index (χ4n) is 14.0. The van der Waals surface area contributed by atoms with Crippen molar-refractivity contribution in [3.63, 3.8) is 0 Å². The molecule has 1 unspecified atom stereocenters. The van der Waals surface area contributed by atoms with Gasteiger partial charge in [-0.3, -0.25) is 0 Å². The highest BCUT2D eigenvalue weighted by atomic mass is 32.2. The fourth-order valence-corrected chi connectivity index (χ4v) is 15.3. The molecule has 0 radical (unpaired) electrons. The van der Waals surface area contributed by atoms with E-state index in [0.29, 0.717) is 54.2 Å². The van der Waals surface area contributed by atoms with Crippen LogP contribution in [0.2, 0.25) is 0 Å². The van der Waals surface area contributed by atoms with Crippen LogP contribution >= 0.6 is 0 Å². The number of allylic oxidation sites excluding steroid dienone is 2. The van der Waals surface area contributed by atoms with Crippen LogP contribution in [0.15, 0.2) is 24.3 Å². The topological polar surface area (TPSA) is 104 Å². The molecule has 5 aliphatic carbocycles. The van der Waals surface area contributed by atoms with Crippen molar-refractivity contribution in [2.24, 2.45) is 57.2 Å². The summed E-state index contributed by atoms with van der Waals surface area (Å²) in [5.41, 5.74) is 3.90. The molecule has 0 bridgehead atoms. The zero-order valence-corrected chi connectivity index (χ0v) is 33.7.